The fraction of sp³-hybridized carbons (Fsp3) is 0.643. The summed E-state index contributed by atoms with van der Waals surface area (Å²) < 4.78 is 0. The maximum absolute atomic E-state index is 9.12. The molecule has 1 aromatic heterocycles. The van der Waals surface area contributed by atoms with Crippen molar-refractivity contribution < 1.29 is 0 Å². The van der Waals surface area contributed by atoms with E-state index in [0.29, 0.717) is 16.5 Å². The Hall–Kier alpha value is -1.25. The summed E-state index contributed by atoms with van der Waals surface area (Å²) in [6.45, 7) is 5.22. The Bertz CT molecular complexity index is 506. The zero-order valence-electron chi connectivity index (χ0n) is 12.1. The lowest BCUT2D eigenvalue weighted by atomic mass is 10.0. The minimum atomic E-state index is 0.0619. The van der Waals surface area contributed by atoms with E-state index in [-0.39, 0.29) is 5.54 Å². The van der Waals surface area contributed by atoms with Gasteiger partial charge in [0.25, 0.3) is 0 Å². The van der Waals surface area contributed by atoms with Gasteiger partial charge in [-0.3, -0.25) is 0 Å². The van der Waals surface area contributed by atoms with Gasteiger partial charge in [0.05, 0.1) is 10.7 Å². The molecule has 1 fully saturated rings. The number of likely N-dealkylation sites (N-methyl/N-ethyl adjacent to an activating group) is 1. The lowest BCUT2D eigenvalue weighted by molar-refractivity contribution is 0.210. The van der Waals surface area contributed by atoms with E-state index in [0.717, 1.165) is 11.5 Å². The summed E-state index contributed by atoms with van der Waals surface area (Å²) in [5.74, 6) is 0.559. The number of hydrogen-bond donors (Lipinski definition) is 2. The van der Waals surface area contributed by atoms with Gasteiger partial charge in [0.15, 0.2) is 0 Å². The van der Waals surface area contributed by atoms with Crippen molar-refractivity contribution in [1.82, 2.24) is 4.90 Å². The predicted octanol–water partition coefficient (Wildman–Crippen LogP) is 2.83. The van der Waals surface area contributed by atoms with Crippen LogP contribution in [0.1, 0.15) is 43.0 Å². The van der Waals surface area contributed by atoms with Gasteiger partial charge >= 0.3 is 0 Å². The molecule has 1 aliphatic carbocycles. The molecule has 1 aromatic rings. The Morgan fingerprint density at radius 3 is 2.58 bits per heavy atom. The van der Waals surface area contributed by atoms with Crippen molar-refractivity contribution in [3.05, 3.63) is 10.4 Å². The molecule has 0 amide bonds. The van der Waals surface area contributed by atoms with Crippen molar-refractivity contribution >= 4 is 22.0 Å². The molecule has 1 heterocycles. The van der Waals surface area contributed by atoms with Crippen LogP contribution in [0.25, 0.3) is 0 Å². The highest BCUT2D eigenvalue weighted by atomic mass is 32.1. The standard InChI is InChI=1S/C14H22N4S/c1-14(2,18(3)4)8-17-13-11(9-5-6-9)12(16)10(7-15)19-13/h9,17H,5-6,8,16H2,1-4H3. The highest BCUT2D eigenvalue weighted by molar-refractivity contribution is 7.17. The first kappa shape index (κ1) is 14.2. The second kappa shape index (κ2) is 5.03. The molecule has 0 atom stereocenters. The SMILES string of the molecule is CN(C)C(C)(C)CNc1sc(C#N)c(N)c1C1CC1. The van der Waals surface area contributed by atoms with Crippen molar-refractivity contribution in [2.45, 2.75) is 38.1 Å². The van der Waals surface area contributed by atoms with Crippen LogP contribution in [0.15, 0.2) is 0 Å². The monoisotopic (exact) mass is 278 g/mol. The lowest BCUT2D eigenvalue weighted by Crippen LogP contribution is -2.44. The van der Waals surface area contributed by atoms with Gasteiger partial charge in [-0.05, 0) is 46.7 Å². The number of nitrogens with zero attached hydrogens (tertiary/aromatic N) is 2. The first-order valence-corrected chi connectivity index (χ1v) is 7.42. The normalized spacial score (nSPS) is 15.6. The minimum absolute atomic E-state index is 0.0619. The number of thiophene rings is 1. The van der Waals surface area contributed by atoms with Crippen LogP contribution < -0.4 is 11.1 Å². The van der Waals surface area contributed by atoms with Crippen molar-refractivity contribution in [2.24, 2.45) is 0 Å². The van der Waals surface area contributed by atoms with E-state index in [9.17, 15) is 0 Å². The average Bonchev–Trinajstić information content (AvgIpc) is 3.11. The Morgan fingerprint density at radius 1 is 1.47 bits per heavy atom. The second-order valence-electron chi connectivity index (χ2n) is 6.03. The molecule has 0 saturated heterocycles. The van der Waals surface area contributed by atoms with Crippen molar-refractivity contribution in [3.8, 4) is 6.07 Å². The summed E-state index contributed by atoms with van der Waals surface area (Å²) in [4.78, 5) is 2.84. The third kappa shape index (κ3) is 2.85. The third-order valence-corrected chi connectivity index (χ3v) is 5.05. The van der Waals surface area contributed by atoms with E-state index in [4.69, 9.17) is 11.0 Å². The summed E-state index contributed by atoms with van der Waals surface area (Å²) in [5, 5.41) is 13.7. The Labute approximate surface area is 119 Å². The summed E-state index contributed by atoms with van der Waals surface area (Å²) >= 11 is 1.49. The first-order chi connectivity index (χ1) is 8.86. The second-order valence-corrected chi connectivity index (χ2v) is 7.05. The van der Waals surface area contributed by atoms with Gasteiger partial charge in [-0.15, -0.1) is 11.3 Å². The number of rotatable bonds is 5. The highest BCUT2D eigenvalue weighted by Crippen LogP contribution is 2.50. The Morgan fingerprint density at radius 2 is 2.11 bits per heavy atom. The van der Waals surface area contributed by atoms with Gasteiger partial charge in [0.1, 0.15) is 10.9 Å². The molecule has 19 heavy (non-hydrogen) atoms. The van der Waals surface area contributed by atoms with Gasteiger partial charge in [-0.1, -0.05) is 0 Å². The molecule has 0 unspecified atom stereocenters. The number of nitrogen functional groups attached to an aromatic ring is 1. The molecule has 1 aliphatic rings. The Balaban J connectivity index is 2.19. The fourth-order valence-corrected chi connectivity index (χ4v) is 2.90. The molecular weight excluding hydrogens is 256 g/mol. The minimum Gasteiger partial charge on any atom is -0.397 e. The van der Waals surface area contributed by atoms with E-state index < -0.39 is 0 Å². The summed E-state index contributed by atoms with van der Waals surface area (Å²) in [7, 11) is 4.15. The molecule has 5 heteroatoms. The number of nitrogens with one attached hydrogen (secondary N) is 1. The summed E-state index contributed by atoms with van der Waals surface area (Å²) in [6.07, 6.45) is 2.38. The number of anilines is 2. The Kier molecular flexibility index (Phi) is 3.75. The first-order valence-electron chi connectivity index (χ1n) is 6.60. The number of hydrogen-bond acceptors (Lipinski definition) is 5. The maximum atomic E-state index is 9.12. The van der Waals surface area contributed by atoms with Crippen molar-refractivity contribution in [2.75, 3.05) is 31.7 Å². The molecule has 0 aromatic carbocycles. The third-order valence-electron chi connectivity index (χ3n) is 3.96. The molecular formula is C14H22N4S. The van der Waals surface area contributed by atoms with Gasteiger partial charge in [0.2, 0.25) is 0 Å². The van der Waals surface area contributed by atoms with Crippen LogP contribution in [-0.4, -0.2) is 31.1 Å². The molecule has 4 nitrogen and oxygen atoms in total. The zero-order valence-corrected chi connectivity index (χ0v) is 12.9. The highest BCUT2D eigenvalue weighted by Gasteiger charge is 2.32. The van der Waals surface area contributed by atoms with Crippen molar-refractivity contribution in [3.63, 3.8) is 0 Å². The van der Waals surface area contributed by atoms with Crippen LogP contribution in [-0.2, 0) is 0 Å². The van der Waals surface area contributed by atoms with Crippen LogP contribution in [0.2, 0.25) is 0 Å². The van der Waals surface area contributed by atoms with E-state index >= 15 is 0 Å². The molecule has 3 N–H and O–H groups in total. The van der Waals surface area contributed by atoms with Gasteiger partial charge in [-0.2, -0.15) is 5.26 Å². The lowest BCUT2D eigenvalue weighted by Gasteiger charge is -2.33. The maximum Gasteiger partial charge on any atom is 0.130 e. The molecule has 1 saturated carbocycles. The van der Waals surface area contributed by atoms with Gasteiger partial charge in [-0.25, -0.2) is 0 Å². The largest absolute Gasteiger partial charge is 0.397 e. The molecule has 0 spiro atoms. The molecule has 0 aliphatic heterocycles. The van der Waals surface area contributed by atoms with Gasteiger partial charge < -0.3 is 16.0 Å². The van der Waals surface area contributed by atoms with Crippen LogP contribution in [0.5, 0.6) is 0 Å². The fourth-order valence-electron chi connectivity index (χ4n) is 1.90. The van der Waals surface area contributed by atoms with Crippen molar-refractivity contribution in [1.29, 1.82) is 5.26 Å². The predicted molar refractivity (Wildman–Crippen MR) is 81.7 cm³/mol. The smallest absolute Gasteiger partial charge is 0.130 e. The average molecular weight is 278 g/mol. The quantitative estimate of drug-likeness (QED) is 0.869. The van der Waals surface area contributed by atoms with Crippen LogP contribution >= 0.6 is 11.3 Å². The molecule has 104 valence electrons. The van der Waals surface area contributed by atoms with Gasteiger partial charge in [0, 0.05) is 17.6 Å². The van der Waals surface area contributed by atoms with Crippen LogP contribution in [0.3, 0.4) is 0 Å². The topological polar surface area (TPSA) is 65.1 Å². The molecule has 0 bridgehead atoms. The molecule has 0 radical (unpaired) electrons. The van der Waals surface area contributed by atoms with Crippen LogP contribution in [0.4, 0.5) is 10.7 Å². The summed E-state index contributed by atoms with van der Waals surface area (Å²) in [6, 6.07) is 2.20. The molecule has 2 rings (SSSR count). The van der Waals surface area contributed by atoms with Crippen LogP contribution in [0, 0.1) is 11.3 Å². The summed E-state index contributed by atoms with van der Waals surface area (Å²) in [5.41, 5.74) is 8.03. The van der Waals surface area contributed by atoms with E-state index in [1.807, 2.05) is 0 Å². The van der Waals surface area contributed by atoms with E-state index in [1.54, 1.807) is 0 Å². The van der Waals surface area contributed by atoms with E-state index in [2.05, 4.69) is 44.2 Å². The zero-order chi connectivity index (χ0) is 14.2. The van der Waals surface area contributed by atoms with E-state index in [1.165, 1.54) is 29.7 Å². The number of nitrogens with two attached hydrogens (primary N) is 1. The number of nitriles is 1.